The smallest absolute Gasteiger partial charge is 0.289 e. The standard InChI is InChI=1S/C24H20FN5O4/c25-17-13-14(22-27-18-4-1-3-16(21(26)31)20(18)28-22)6-7-15(17)23(32)29-8-10-30(11-9-29)24(33)19-5-2-12-34-19/h1-7,12-13H,8-11H2,(H2,26,31)(H,27,28). The number of benzene rings is 2. The van der Waals surface area contributed by atoms with Gasteiger partial charge in [0.15, 0.2) is 5.76 Å². The highest BCUT2D eigenvalue weighted by atomic mass is 19.1. The number of aromatic nitrogens is 2. The Bertz CT molecular complexity index is 1400. The molecule has 1 aliphatic rings. The van der Waals surface area contributed by atoms with Crippen LogP contribution in [0, 0.1) is 5.82 Å². The van der Waals surface area contributed by atoms with E-state index in [1.54, 1.807) is 41.3 Å². The van der Waals surface area contributed by atoms with Crippen LogP contribution in [0.25, 0.3) is 22.4 Å². The number of hydrogen-bond acceptors (Lipinski definition) is 5. The molecule has 172 valence electrons. The maximum atomic E-state index is 15.0. The molecule has 0 saturated carbocycles. The number of piperazine rings is 1. The number of primary amides is 1. The number of carbonyl (C=O) groups excluding carboxylic acids is 3. The molecule has 0 atom stereocenters. The van der Waals surface area contributed by atoms with E-state index in [0.29, 0.717) is 35.5 Å². The van der Waals surface area contributed by atoms with Gasteiger partial charge in [0.05, 0.1) is 22.9 Å². The maximum Gasteiger partial charge on any atom is 0.289 e. The summed E-state index contributed by atoms with van der Waals surface area (Å²) < 4.78 is 20.1. The van der Waals surface area contributed by atoms with Gasteiger partial charge in [-0.1, -0.05) is 12.1 Å². The van der Waals surface area contributed by atoms with Crippen molar-refractivity contribution in [3.05, 3.63) is 77.5 Å². The Morgan fingerprint density at radius 2 is 1.68 bits per heavy atom. The van der Waals surface area contributed by atoms with Gasteiger partial charge in [0.25, 0.3) is 17.7 Å². The monoisotopic (exact) mass is 461 g/mol. The third-order valence-electron chi connectivity index (χ3n) is 5.84. The number of carbonyl (C=O) groups is 3. The fourth-order valence-corrected chi connectivity index (χ4v) is 4.04. The first-order valence-corrected chi connectivity index (χ1v) is 10.6. The molecule has 1 aliphatic heterocycles. The summed E-state index contributed by atoms with van der Waals surface area (Å²) in [7, 11) is 0. The van der Waals surface area contributed by atoms with Crippen LogP contribution in [0.4, 0.5) is 4.39 Å². The van der Waals surface area contributed by atoms with Crippen LogP contribution in [0.5, 0.6) is 0 Å². The first-order chi connectivity index (χ1) is 16.4. The molecule has 34 heavy (non-hydrogen) atoms. The molecule has 0 bridgehead atoms. The van der Waals surface area contributed by atoms with E-state index < -0.39 is 17.6 Å². The average Bonchev–Trinajstić information content (AvgIpc) is 3.53. The van der Waals surface area contributed by atoms with Crippen LogP contribution in [-0.2, 0) is 0 Å². The number of nitrogens with zero attached hydrogens (tertiary/aromatic N) is 3. The molecule has 0 spiro atoms. The summed E-state index contributed by atoms with van der Waals surface area (Å²) in [4.78, 5) is 47.5. The number of halogens is 1. The van der Waals surface area contributed by atoms with Crippen molar-refractivity contribution in [1.82, 2.24) is 19.8 Å². The van der Waals surface area contributed by atoms with Crippen molar-refractivity contribution in [2.75, 3.05) is 26.2 Å². The van der Waals surface area contributed by atoms with E-state index in [0.717, 1.165) is 0 Å². The average molecular weight is 461 g/mol. The molecule has 2 aromatic heterocycles. The SMILES string of the molecule is NC(=O)c1cccc2[nH]c(-c3ccc(C(=O)N4CCN(C(=O)c5ccco5)CC4)c(F)c3)nc12. The topological polar surface area (TPSA) is 126 Å². The predicted octanol–water partition coefficient (Wildman–Crippen LogP) is 2.66. The Kier molecular flexibility index (Phi) is 5.33. The highest BCUT2D eigenvalue weighted by Gasteiger charge is 2.28. The van der Waals surface area contributed by atoms with Crippen molar-refractivity contribution in [2.45, 2.75) is 0 Å². The number of aromatic amines is 1. The number of nitrogens with one attached hydrogen (secondary N) is 1. The number of nitrogens with two attached hydrogens (primary N) is 1. The predicted molar refractivity (Wildman–Crippen MR) is 121 cm³/mol. The summed E-state index contributed by atoms with van der Waals surface area (Å²) in [5.41, 5.74) is 7.01. The molecular formula is C24H20FN5O4. The summed E-state index contributed by atoms with van der Waals surface area (Å²) in [6.45, 7) is 1.22. The first kappa shape index (κ1) is 21.4. The molecule has 4 aromatic rings. The minimum absolute atomic E-state index is 0.0662. The zero-order valence-corrected chi connectivity index (χ0v) is 18.0. The van der Waals surface area contributed by atoms with E-state index in [9.17, 15) is 18.8 Å². The summed E-state index contributed by atoms with van der Waals surface area (Å²) in [6.07, 6.45) is 1.43. The second-order valence-corrected chi connectivity index (χ2v) is 7.91. The van der Waals surface area contributed by atoms with E-state index >= 15 is 0 Å². The van der Waals surface area contributed by atoms with Crippen molar-refractivity contribution in [3.8, 4) is 11.4 Å². The van der Waals surface area contributed by atoms with Crippen molar-refractivity contribution in [2.24, 2.45) is 5.73 Å². The normalized spacial score (nSPS) is 13.9. The van der Waals surface area contributed by atoms with Gasteiger partial charge in [0, 0.05) is 31.7 Å². The lowest BCUT2D eigenvalue weighted by Gasteiger charge is -2.34. The summed E-state index contributed by atoms with van der Waals surface area (Å²) >= 11 is 0. The van der Waals surface area contributed by atoms with E-state index in [1.807, 2.05) is 0 Å². The lowest BCUT2D eigenvalue weighted by atomic mass is 10.1. The Morgan fingerprint density at radius 1 is 0.941 bits per heavy atom. The molecule has 0 aliphatic carbocycles. The van der Waals surface area contributed by atoms with Crippen LogP contribution >= 0.6 is 0 Å². The van der Waals surface area contributed by atoms with Crippen LogP contribution in [0.3, 0.4) is 0 Å². The van der Waals surface area contributed by atoms with E-state index in [-0.39, 0.29) is 35.9 Å². The number of furan rings is 1. The van der Waals surface area contributed by atoms with Crippen LogP contribution in [0.1, 0.15) is 31.3 Å². The Morgan fingerprint density at radius 3 is 2.32 bits per heavy atom. The summed E-state index contributed by atoms with van der Waals surface area (Å²) in [6, 6.07) is 12.4. The van der Waals surface area contributed by atoms with Crippen LogP contribution in [-0.4, -0.2) is 63.7 Å². The van der Waals surface area contributed by atoms with E-state index in [2.05, 4.69) is 9.97 Å². The second-order valence-electron chi connectivity index (χ2n) is 7.91. The maximum absolute atomic E-state index is 15.0. The van der Waals surface area contributed by atoms with Gasteiger partial charge in [0.2, 0.25) is 0 Å². The summed E-state index contributed by atoms with van der Waals surface area (Å²) in [5, 5.41) is 0. The van der Waals surface area contributed by atoms with Gasteiger partial charge in [-0.15, -0.1) is 0 Å². The largest absolute Gasteiger partial charge is 0.459 e. The number of imidazole rings is 1. The molecule has 3 heterocycles. The van der Waals surface area contributed by atoms with Crippen molar-refractivity contribution in [3.63, 3.8) is 0 Å². The van der Waals surface area contributed by atoms with Crippen LogP contribution < -0.4 is 5.73 Å². The highest BCUT2D eigenvalue weighted by Crippen LogP contribution is 2.25. The molecule has 3 amide bonds. The van der Waals surface area contributed by atoms with Gasteiger partial charge in [-0.2, -0.15) is 0 Å². The Labute approximate surface area is 193 Å². The van der Waals surface area contributed by atoms with Gasteiger partial charge < -0.3 is 24.9 Å². The summed E-state index contributed by atoms with van der Waals surface area (Å²) in [5.74, 6) is -1.39. The zero-order chi connectivity index (χ0) is 23.8. The number of hydrogen-bond donors (Lipinski definition) is 2. The van der Waals surface area contributed by atoms with Gasteiger partial charge in [-0.3, -0.25) is 14.4 Å². The fourth-order valence-electron chi connectivity index (χ4n) is 4.04. The van der Waals surface area contributed by atoms with Gasteiger partial charge in [-0.05, 0) is 36.4 Å². The third kappa shape index (κ3) is 3.79. The van der Waals surface area contributed by atoms with E-state index in [1.165, 1.54) is 23.3 Å². The number of fused-ring (bicyclic) bond motifs is 1. The molecular weight excluding hydrogens is 441 g/mol. The number of amides is 3. The molecule has 1 saturated heterocycles. The van der Waals surface area contributed by atoms with Gasteiger partial charge in [-0.25, -0.2) is 9.37 Å². The molecule has 1 fully saturated rings. The van der Waals surface area contributed by atoms with Crippen LogP contribution in [0.15, 0.2) is 59.2 Å². The minimum atomic E-state index is -0.688. The molecule has 3 N–H and O–H groups in total. The number of para-hydroxylation sites is 1. The molecule has 5 rings (SSSR count). The molecule has 2 aromatic carbocycles. The quantitative estimate of drug-likeness (QED) is 0.483. The van der Waals surface area contributed by atoms with Crippen LogP contribution in [0.2, 0.25) is 0 Å². The second kappa shape index (κ2) is 8.47. The molecule has 10 heteroatoms. The van der Waals surface area contributed by atoms with Gasteiger partial charge >= 0.3 is 0 Å². The third-order valence-corrected chi connectivity index (χ3v) is 5.84. The molecule has 0 radical (unpaired) electrons. The van der Waals surface area contributed by atoms with Crippen molar-refractivity contribution >= 4 is 28.8 Å². The van der Waals surface area contributed by atoms with E-state index in [4.69, 9.17) is 10.2 Å². The minimum Gasteiger partial charge on any atom is -0.459 e. The lowest BCUT2D eigenvalue weighted by molar-refractivity contribution is 0.0515. The number of rotatable bonds is 4. The van der Waals surface area contributed by atoms with Crippen molar-refractivity contribution < 1.29 is 23.2 Å². The Hall–Kier alpha value is -4.47. The first-order valence-electron chi connectivity index (χ1n) is 10.6. The molecule has 9 nitrogen and oxygen atoms in total. The number of H-pyrrole nitrogens is 1. The van der Waals surface area contributed by atoms with Gasteiger partial charge in [0.1, 0.15) is 17.2 Å². The zero-order valence-electron chi connectivity index (χ0n) is 18.0. The lowest BCUT2D eigenvalue weighted by Crippen LogP contribution is -2.50. The fraction of sp³-hybridized carbons (Fsp3) is 0.167. The van der Waals surface area contributed by atoms with Crippen molar-refractivity contribution in [1.29, 1.82) is 0 Å². The Balaban J connectivity index is 1.32. The molecule has 0 unspecified atom stereocenters. The highest BCUT2D eigenvalue weighted by molar-refractivity contribution is 6.04.